The molecule has 0 saturated heterocycles. The molecule has 344 valence electrons. The monoisotopic (exact) mass is 828 g/mol. The van der Waals surface area contributed by atoms with Crippen LogP contribution < -0.4 is 0 Å². The molecule has 2 heterocycles. The summed E-state index contributed by atoms with van der Waals surface area (Å²) in [5.41, 5.74) is 1.61. The minimum absolute atomic E-state index is 0.0741. The van der Waals surface area contributed by atoms with Crippen LogP contribution in [0.15, 0.2) is 12.1 Å². The standard InChI is InChI=1S/C52H97N3O4/c1-4-6-8-10-12-14-16-18-20-22-24-26-28-30-32-34-36-38-40-47-44-49(56)54(51(47)58)43-42-53(3)46-55-50(57)45-48(52(55)59)41-39-37-35-33-31-29-27-25-23-21-19-17-15-13-11-9-7-5-2/h44-45,56-59H,4-43,46H2,1-3H3. The molecule has 0 aromatic carbocycles. The predicted molar refractivity (Wildman–Crippen MR) is 253 cm³/mol. The first-order valence-corrected chi connectivity index (χ1v) is 25.8. The van der Waals surface area contributed by atoms with Gasteiger partial charge in [-0.3, -0.25) is 14.0 Å². The Hall–Kier alpha value is -2.28. The first kappa shape index (κ1) is 52.9. The van der Waals surface area contributed by atoms with E-state index >= 15 is 0 Å². The zero-order valence-electron chi connectivity index (χ0n) is 39.3. The van der Waals surface area contributed by atoms with Gasteiger partial charge in [-0.2, -0.15) is 0 Å². The van der Waals surface area contributed by atoms with Crippen LogP contribution in [0.5, 0.6) is 23.5 Å². The maximum atomic E-state index is 10.9. The Morgan fingerprint density at radius 1 is 0.373 bits per heavy atom. The van der Waals surface area contributed by atoms with Gasteiger partial charge in [0.15, 0.2) is 23.5 Å². The van der Waals surface area contributed by atoms with Crippen LogP contribution in [-0.2, 0) is 26.1 Å². The van der Waals surface area contributed by atoms with E-state index in [-0.39, 0.29) is 23.5 Å². The van der Waals surface area contributed by atoms with Crippen molar-refractivity contribution >= 4 is 0 Å². The van der Waals surface area contributed by atoms with E-state index in [4.69, 9.17) is 0 Å². The lowest BCUT2D eigenvalue weighted by Crippen LogP contribution is -2.25. The molecule has 0 saturated carbocycles. The van der Waals surface area contributed by atoms with Gasteiger partial charge >= 0.3 is 0 Å². The molecule has 2 aromatic rings. The van der Waals surface area contributed by atoms with Crippen molar-refractivity contribution in [3.63, 3.8) is 0 Å². The molecule has 0 aliphatic heterocycles. The fourth-order valence-corrected chi connectivity index (χ4v) is 8.91. The third kappa shape index (κ3) is 25.9. The molecule has 7 nitrogen and oxygen atoms in total. The molecule has 0 aliphatic rings. The van der Waals surface area contributed by atoms with Crippen molar-refractivity contribution in [3.8, 4) is 23.5 Å². The summed E-state index contributed by atoms with van der Waals surface area (Å²) in [7, 11) is 1.92. The average Bonchev–Trinajstić information content (AvgIpc) is 3.65. The number of aromatic hydroxyl groups is 4. The van der Waals surface area contributed by atoms with E-state index < -0.39 is 0 Å². The van der Waals surface area contributed by atoms with Gasteiger partial charge in [0, 0.05) is 36.3 Å². The highest BCUT2D eigenvalue weighted by molar-refractivity contribution is 5.36. The van der Waals surface area contributed by atoms with Crippen molar-refractivity contribution in [2.24, 2.45) is 0 Å². The van der Waals surface area contributed by atoms with Crippen LogP contribution in [0, 0.1) is 0 Å². The smallest absolute Gasteiger partial charge is 0.198 e. The number of unbranched alkanes of at least 4 members (excludes halogenated alkanes) is 34. The van der Waals surface area contributed by atoms with Crippen LogP contribution in [0.3, 0.4) is 0 Å². The maximum Gasteiger partial charge on any atom is 0.198 e. The lowest BCUT2D eigenvalue weighted by Gasteiger charge is -2.19. The second kappa shape index (κ2) is 36.4. The fourth-order valence-electron chi connectivity index (χ4n) is 8.91. The molecule has 0 atom stereocenters. The van der Waals surface area contributed by atoms with E-state index in [1.807, 2.05) is 11.9 Å². The lowest BCUT2D eigenvalue weighted by atomic mass is 10.0. The number of aryl methyl sites for hydroxylation is 2. The second-order valence-electron chi connectivity index (χ2n) is 18.5. The SMILES string of the molecule is CCCCCCCCCCCCCCCCCCCCc1cc(O)n(CCN(C)Cn2c(O)cc(CCCCCCCCCCCCCCCCCCCC)c2O)c1O. The summed E-state index contributed by atoms with van der Waals surface area (Å²) in [6.45, 7) is 5.86. The Labute approximate surface area is 364 Å². The highest BCUT2D eigenvalue weighted by atomic mass is 16.3. The molecule has 59 heavy (non-hydrogen) atoms. The molecule has 2 rings (SSSR count). The number of aromatic nitrogens is 2. The van der Waals surface area contributed by atoms with E-state index in [0.29, 0.717) is 19.8 Å². The topological polar surface area (TPSA) is 94.0 Å². The van der Waals surface area contributed by atoms with Crippen molar-refractivity contribution in [1.29, 1.82) is 0 Å². The Morgan fingerprint density at radius 2 is 0.627 bits per heavy atom. The van der Waals surface area contributed by atoms with Gasteiger partial charge in [-0.25, -0.2) is 0 Å². The van der Waals surface area contributed by atoms with Crippen LogP contribution >= 0.6 is 0 Å². The fraction of sp³-hybridized carbons (Fsp3) is 0.846. The molecule has 0 bridgehead atoms. The Kier molecular flexibility index (Phi) is 32.6. The minimum Gasteiger partial charge on any atom is -0.494 e. The van der Waals surface area contributed by atoms with Crippen LogP contribution in [0.2, 0.25) is 0 Å². The lowest BCUT2D eigenvalue weighted by molar-refractivity contribution is 0.221. The van der Waals surface area contributed by atoms with Gasteiger partial charge in [0.25, 0.3) is 0 Å². The van der Waals surface area contributed by atoms with E-state index in [9.17, 15) is 20.4 Å². The van der Waals surface area contributed by atoms with Crippen molar-refractivity contribution in [1.82, 2.24) is 14.0 Å². The van der Waals surface area contributed by atoms with Gasteiger partial charge in [-0.15, -0.1) is 0 Å². The van der Waals surface area contributed by atoms with Crippen LogP contribution in [0.25, 0.3) is 0 Å². The molecule has 0 aliphatic carbocycles. The third-order valence-electron chi connectivity index (χ3n) is 12.9. The summed E-state index contributed by atoms with van der Waals surface area (Å²) in [5.74, 6) is 0.456. The van der Waals surface area contributed by atoms with Crippen molar-refractivity contribution in [3.05, 3.63) is 23.3 Å². The molecule has 0 spiro atoms. The zero-order chi connectivity index (χ0) is 42.6. The van der Waals surface area contributed by atoms with Gasteiger partial charge in [0.2, 0.25) is 0 Å². The molecule has 4 N–H and O–H groups in total. The normalized spacial score (nSPS) is 11.8. The quantitative estimate of drug-likeness (QED) is 0.0500. The summed E-state index contributed by atoms with van der Waals surface area (Å²) in [6.07, 6.45) is 50.1. The highest BCUT2D eigenvalue weighted by Gasteiger charge is 2.17. The summed E-state index contributed by atoms with van der Waals surface area (Å²) in [4.78, 5) is 1.98. The highest BCUT2D eigenvalue weighted by Crippen LogP contribution is 2.31. The summed E-state index contributed by atoms with van der Waals surface area (Å²) >= 11 is 0. The summed E-state index contributed by atoms with van der Waals surface area (Å²) < 4.78 is 3.11. The molecular weight excluding hydrogens is 731 g/mol. The zero-order valence-corrected chi connectivity index (χ0v) is 39.3. The number of nitrogens with zero attached hydrogens (tertiary/aromatic N) is 3. The second-order valence-corrected chi connectivity index (χ2v) is 18.5. The first-order chi connectivity index (χ1) is 28.9. The van der Waals surface area contributed by atoms with E-state index in [0.717, 1.165) is 49.7 Å². The Bertz CT molecular complexity index is 1240. The van der Waals surface area contributed by atoms with E-state index in [1.165, 1.54) is 205 Å². The predicted octanol–water partition coefficient (Wildman–Crippen LogP) is 15.9. The molecule has 0 fully saturated rings. The van der Waals surface area contributed by atoms with Crippen molar-refractivity contribution in [2.45, 2.75) is 271 Å². The van der Waals surface area contributed by atoms with Gasteiger partial charge in [0.1, 0.15) is 0 Å². The number of rotatable bonds is 43. The van der Waals surface area contributed by atoms with E-state index in [2.05, 4.69) is 13.8 Å². The number of hydrogen-bond acceptors (Lipinski definition) is 5. The van der Waals surface area contributed by atoms with Crippen molar-refractivity contribution in [2.75, 3.05) is 13.6 Å². The summed E-state index contributed by atoms with van der Waals surface area (Å²) in [5, 5.41) is 43.0. The Morgan fingerprint density at radius 3 is 0.932 bits per heavy atom. The van der Waals surface area contributed by atoms with Crippen LogP contribution in [-0.4, -0.2) is 48.1 Å². The number of hydrogen-bond donors (Lipinski definition) is 4. The molecular formula is C52H97N3O4. The average molecular weight is 828 g/mol. The molecule has 0 radical (unpaired) electrons. The van der Waals surface area contributed by atoms with E-state index in [1.54, 1.807) is 21.3 Å². The minimum atomic E-state index is 0.0741. The van der Waals surface area contributed by atoms with Gasteiger partial charge in [-0.1, -0.05) is 232 Å². The summed E-state index contributed by atoms with van der Waals surface area (Å²) in [6, 6.07) is 3.41. The van der Waals surface area contributed by atoms with Crippen molar-refractivity contribution < 1.29 is 20.4 Å². The largest absolute Gasteiger partial charge is 0.494 e. The first-order valence-electron chi connectivity index (χ1n) is 25.8. The van der Waals surface area contributed by atoms with Gasteiger partial charge in [0.05, 0.1) is 6.67 Å². The van der Waals surface area contributed by atoms with Gasteiger partial charge < -0.3 is 20.4 Å². The number of likely N-dealkylation sites (N-methyl/N-ethyl adjacent to an activating group) is 1. The molecule has 7 heteroatoms. The van der Waals surface area contributed by atoms with Crippen LogP contribution in [0.4, 0.5) is 0 Å². The molecule has 0 amide bonds. The molecule has 0 unspecified atom stereocenters. The van der Waals surface area contributed by atoms with Crippen LogP contribution in [0.1, 0.15) is 256 Å². The molecule has 2 aromatic heterocycles. The third-order valence-corrected chi connectivity index (χ3v) is 12.9. The Balaban J connectivity index is 1.49. The maximum absolute atomic E-state index is 10.9. The van der Waals surface area contributed by atoms with Gasteiger partial charge in [-0.05, 0) is 32.7 Å².